The SMILES string of the molecule is Cc1cc(NC(=O)C(c2ccccc2)c2ccccc2)n(-c2nc(-c3ccc(Cl)cc3)cs2)n1. The summed E-state index contributed by atoms with van der Waals surface area (Å²) in [5.74, 6) is -0.00335. The topological polar surface area (TPSA) is 59.8 Å². The maximum Gasteiger partial charge on any atom is 0.237 e. The van der Waals surface area contributed by atoms with Crippen LogP contribution in [0.4, 0.5) is 5.82 Å². The van der Waals surface area contributed by atoms with E-state index in [2.05, 4.69) is 10.4 Å². The zero-order valence-corrected chi connectivity index (χ0v) is 19.9. The van der Waals surface area contributed by atoms with E-state index in [0.29, 0.717) is 16.0 Å². The highest BCUT2D eigenvalue weighted by molar-refractivity contribution is 7.12. The van der Waals surface area contributed by atoms with Gasteiger partial charge in [0.1, 0.15) is 5.82 Å². The number of carbonyl (C=O) groups is 1. The molecule has 7 heteroatoms. The molecule has 0 aliphatic carbocycles. The number of aryl methyl sites for hydroxylation is 1. The van der Waals surface area contributed by atoms with Gasteiger partial charge in [-0.05, 0) is 30.2 Å². The van der Waals surface area contributed by atoms with Crippen molar-refractivity contribution < 1.29 is 4.79 Å². The van der Waals surface area contributed by atoms with Gasteiger partial charge in [-0.2, -0.15) is 9.78 Å². The van der Waals surface area contributed by atoms with Gasteiger partial charge in [0.05, 0.1) is 17.3 Å². The molecular weight excluding hydrogens is 464 g/mol. The second-order valence-corrected chi connectivity index (χ2v) is 9.12. The number of nitrogens with one attached hydrogen (secondary N) is 1. The van der Waals surface area contributed by atoms with Gasteiger partial charge in [-0.25, -0.2) is 4.98 Å². The van der Waals surface area contributed by atoms with Gasteiger partial charge >= 0.3 is 0 Å². The van der Waals surface area contributed by atoms with Crippen molar-refractivity contribution in [2.24, 2.45) is 0 Å². The first kappa shape index (κ1) is 22.1. The van der Waals surface area contributed by atoms with E-state index in [0.717, 1.165) is 28.1 Å². The van der Waals surface area contributed by atoms with Crippen molar-refractivity contribution in [2.75, 3.05) is 5.32 Å². The first-order valence-electron chi connectivity index (χ1n) is 10.8. The van der Waals surface area contributed by atoms with Crippen molar-refractivity contribution in [1.82, 2.24) is 14.8 Å². The van der Waals surface area contributed by atoms with Crippen molar-refractivity contribution in [3.05, 3.63) is 118 Å². The predicted molar refractivity (Wildman–Crippen MR) is 138 cm³/mol. The van der Waals surface area contributed by atoms with Crippen molar-refractivity contribution in [1.29, 1.82) is 0 Å². The summed E-state index contributed by atoms with van der Waals surface area (Å²) < 4.78 is 1.68. The molecule has 5 rings (SSSR count). The van der Waals surface area contributed by atoms with Crippen LogP contribution in [0.1, 0.15) is 22.7 Å². The van der Waals surface area contributed by atoms with Gasteiger partial charge in [-0.1, -0.05) is 84.4 Å². The Bertz CT molecular complexity index is 1370. The van der Waals surface area contributed by atoms with Gasteiger partial charge in [0.2, 0.25) is 11.0 Å². The first-order chi connectivity index (χ1) is 16.6. The molecular formula is C27H21ClN4OS. The lowest BCUT2D eigenvalue weighted by molar-refractivity contribution is -0.116. The number of nitrogens with zero attached hydrogens (tertiary/aromatic N) is 3. The van der Waals surface area contributed by atoms with Gasteiger partial charge in [0.15, 0.2) is 0 Å². The summed E-state index contributed by atoms with van der Waals surface area (Å²) in [6.07, 6.45) is 0. The van der Waals surface area contributed by atoms with Crippen LogP contribution in [0.25, 0.3) is 16.4 Å². The summed E-state index contributed by atoms with van der Waals surface area (Å²) in [5, 5.41) is 11.0. The molecule has 1 amide bonds. The Morgan fingerprint density at radius 3 is 2.18 bits per heavy atom. The highest BCUT2D eigenvalue weighted by atomic mass is 35.5. The van der Waals surface area contributed by atoms with E-state index in [4.69, 9.17) is 16.6 Å². The molecule has 0 radical (unpaired) electrons. The number of hydrogen-bond acceptors (Lipinski definition) is 4. The molecule has 0 saturated heterocycles. The Balaban J connectivity index is 1.46. The normalized spacial score (nSPS) is 11.0. The lowest BCUT2D eigenvalue weighted by atomic mass is 9.90. The Morgan fingerprint density at radius 1 is 0.941 bits per heavy atom. The number of anilines is 1. The Kier molecular flexibility index (Phi) is 6.25. The van der Waals surface area contributed by atoms with Gasteiger partial charge in [0.25, 0.3) is 0 Å². The number of rotatable bonds is 6. The number of hydrogen-bond donors (Lipinski definition) is 1. The third-order valence-corrected chi connectivity index (χ3v) is 6.49. The van der Waals surface area contributed by atoms with E-state index in [9.17, 15) is 4.79 Å². The molecule has 2 aromatic heterocycles. The lowest BCUT2D eigenvalue weighted by Crippen LogP contribution is -2.23. The molecule has 1 N–H and O–H groups in total. The summed E-state index contributed by atoms with van der Waals surface area (Å²) in [5.41, 5.74) is 4.43. The number of carbonyl (C=O) groups excluding carboxylic acids is 1. The van der Waals surface area contributed by atoms with Crippen molar-refractivity contribution in [3.63, 3.8) is 0 Å². The van der Waals surface area contributed by atoms with Crippen LogP contribution in [0.2, 0.25) is 5.02 Å². The van der Waals surface area contributed by atoms with Gasteiger partial charge in [-0.15, -0.1) is 11.3 Å². The quantitative estimate of drug-likeness (QED) is 0.290. The number of benzene rings is 3. The molecule has 0 saturated carbocycles. The molecule has 5 aromatic rings. The van der Waals surface area contributed by atoms with Crippen LogP contribution in [-0.2, 0) is 4.79 Å². The molecule has 2 heterocycles. The van der Waals surface area contributed by atoms with Crippen molar-refractivity contribution in [3.8, 4) is 16.4 Å². The summed E-state index contributed by atoms with van der Waals surface area (Å²) in [4.78, 5) is 18.3. The molecule has 3 aromatic carbocycles. The first-order valence-corrected chi connectivity index (χ1v) is 12.0. The van der Waals surface area contributed by atoms with Crippen LogP contribution < -0.4 is 5.32 Å². The maximum atomic E-state index is 13.6. The molecule has 0 aliphatic rings. The maximum absolute atomic E-state index is 13.6. The van der Waals surface area contributed by atoms with Crippen LogP contribution >= 0.6 is 22.9 Å². The van der Waals surface area contributed by atoms with E-state index < -0.39 is 5.92 Å². The summed E-state index contributed by atoms with van der Waals surface area (Å²) in [6, 6.07) is 29.0. The van der Waals surface area contributed by atoms with Crippen LogP contribution in [0.5, 0.6) is 0 Å². The zero-order chi connectivity index (χ0) is 23.5. The fourth-order valence-electron chi connectivity index (χ4n) is 3.83. The standard InChI is InChI=1S/C27H21ClN4OS/c1-18-16-24(32(31-18)27-29-23(17-34-27)19-12-14-22(28)15-13-19)30-26(33)25(20-8-4-2-5-9-20)21-10-6-3-7-11-21/h2-17,25H,1H3,(H,30,33). The fourth-order valence-corrected chi connectivity index (χ4v) is 4.76. The molecule has 5 nitrogen and oxygen atoms in total. The van der Waals surface area contributed by atoms with Gasteiger partial charge < -0.3 is 5.32 Å². The number of amides is 1. The number of halogens is 1. The third kappa shape index (κ3) is 4.64. The highest BCUT2D eigenvalue weighted by Gasteiger charge is 2.24. The summed E-state index contributed by atoms with van der Waals surface area (Å²) in [7, 11) is 0. The minimum atomic E-state index is -0.452. The van der Waals surface area contributed by atoms with Gasteiger partial charge in [0, 0.05) is 22.0 Å². The third-order valence-electron chi connectivity index (χ3n) is 5.42. The second-order valence-electron chi connectivity index (χ2n) is 7.85. The fraction of sp³-hybridized carbons (Fsp3) is 0.0741. The molecule has 0 aliphatic heterocycles. The molecule has 0 fully saturated rings. The average Bonchev–Trinajstić information content (AvgIpc) is 3.48. The smallest absolute Gasteiger partial charge is 0.237 e. The van der Waals surface area contributed by atoms with Crippen molar-refractivity contribution >= 4 is 34.7 Å². The van der Waals surface area contributed by atoms with E-state index in [1.54, 1.807) is 4.68 Å². The number of thiazole rings is 1. The Hall–Kier alpha value is -3.74. The largest absolute Gasteiger partial charge is 0.310 e. The highest BCUT2D eigenvalue weighted by Crippen LogP contribution is 2.29. The summed E-state index contributed by atoms with van der Waals surface area (Å²) in [6.45, 7) is 1.89. The van der Waals surface area contributed by atoms with E-state index in [1.807, 2.05) is 103 Å². The van der Waals surface area contributed by atoms with Gasteiger partial charge in [-0.3, -0.25) is 4.79 Å². The predicted octanol–water partition coefficient (Wildman–Crippen LogP) is 6.73. The molecule has 0 bridgehead atoms. The zero-order valence-electron chi connectivity index (χ0n) is 18.4. The van der Waals surface area contributed by atoms with E-state index >= 15 is 0 Å². The molecule has 0 spiro atoms. The van der Waals surface area contributed by atoms with Crippen LogP contribution in [0.15, 0.2) is 96.4 Å². The van der Waals surface area contributed by atoms with Crippen molar-refractivity contribution in [2.45, 2.75) is 12.8 Å². The molecule has 0 atom stereocenters. The minimum absolute atomic E-state index is 0.131. The molecule has 0 unspecified atom stereocenters. The van der Waals surface area contributed by atoms with Crippen LogP contribution in [-0.4, -0.2) is 20.7 Å². The lowest BCUT2D eigenvalue weighted by Gasteiger charge is -2.18. The average molecular weight is 485 g/mol. The Morgan fingerprint density at radius 2 is 1.56 bits per heavy atom. The Labute approximate surface area is 206 Å². The molecule has 34 heavy (non-hydrogen) atoms. The minimum Gasteiger partial charge on any atom is -0.310 e. The monoisotopic (exact) mass is 484 g/mol. The summed E-state index contributed by atoms with van der Waals surface area (Å²) >= 11 is 7.48. The number of aromatic nitrogens is 3. The van der Waals surface area contributed by atoms with E-state index in [-0.39, 0.29) is 5.91 Å². The second kappa shape index (κ2) is 9.63. The van der Waals surface area contributed by atoms with E-state index in [1.165, 1.54) is 11.3 Å². The van der Waals surface area contributed by atoms with Crippen LogP contribution in [0, 0.1) is 6.92 Å². The van der Waals surface area contributed by atoms with Crippen LogP contribution in [0.3, 0.4) is 0 Å². The molecule has 168 valence electrons.